The third kappa shape index (κ3) is 4.39. The minimum atomic E-state index is -0.254. The summed E-state index contributed by atoms with van der Waals surface area (Å²) in [5.41, 5.74) is 5.86. The van der Waals surface area contributed by atoms with Gasteiger partial charge in [-0.15, -0.1) is 0 Å². The third-order valence-electron chi connectivity index (χ3n) is 6.34. The van der Waals surface area contributed by atoms with Gasteiger partial charge in [0.1, 0.15) is 0 Å². The van der Waals surface area contributed by atoms with Crippen molar-refractivity contribution in [2.75, 3.05) is 18.4 Å². The largest absolute Gasteiger partial charge is 0.321 e. The number of hydrogen-bond donors (Lipinski definition) is 1. The van der Waals surface area contributed by atoms with E-state index in [-0.39, 0.29) is 5.91 Å². The highest BCUT2D eigenvalue weighted by Crippen LogP contribution is 2.24. The standard InChI is InChI=1S/C25H29N7O/c1-3-31-18(2)21(16-27-31)23-11-12-26-24-15-22(29-32(23)24)25(33)28-20-9-7-19(8-10-20)17-30-13-5-4-6-14-30/h7-12,15-16H,3-6,13-14,17H2,1-2H3,(H,28,33). The summed E-state index contributed by atoms with van der Waals surface area (Å²) < 4.78 is 3.65. The fourth-order valence-corrected chi connectivity index (χ4v) is 4.49. The molecule has 8 heteroatoms. The molecule has 1 aromatic carbocycles. The van der Waals surface area contributed by atoms with E-state index >= 15 is 0 Å². The predicted molar refractivity (Wildman–Crippen MR) is 128 cm³/mol. The van der Waals surface area contributed by atoms with Crippen molar-refractivity contribution in [3.8, 4) is 11.3 Å². The first-order valence-electron chi connectivity index (χ1n) is 11.6. The molecule has 1 N–H and O–H groups in total. The second-order valence-electron chi connectivity index (χ2n) is 8.58. The maximum atomic E-state index is 12.9. The topological polar surface area (TPSA) is 80.3 Å². The van der Waals surface area contributed by atoms with E-state index < -0.39 is 0 Å². The zero-order valence-corrected chi connectivity index (χ0v) is 19.2. The van der Waals surface area contributed by atoms with Gasteiger partial charge in [0.25, 0.3) is 5.91 Å². The van der Waals surface area contributed by atoms with Gasteiger partial charge in [0.05, 0.1) is 11.9 Å². The number of nitrogens with one attached hydrogen (secondary N) is 1. The van der Waals surface area contributed by atoms with E-state index in [1.807, 2.05) is 36.0 Å². The molecular weight excluding hydrogens is 414 g/mol. The van der Waals surface area contributed by atoms with Gasteiger partial charge in [-0.25, -0.2) is 9.50 Å². The predicted octanol–water partition coefficient (Wildman–Crippen LogP) is 4.16. The number of carbonyl (C=O) groups excluding carboxylic acids is 1. The Hall–Kier alpha value is -3.52. The monoisotopic (exact) mass is 443 g/mol. The molecule has 0 bridgehead atoms. The molecular formula is C25H29N7O. The SMILES string of the molecule is CCn1ncc(-c2ccnc3cc(C(=O)Nc4ccc(CN5CCCCC5)cc4)nn23)c1C. The van der Waals surface area contributed by atoms with Crippen LogP contribution >= 0.6 is 0 Å². The molecule has 0 saturated carbocycles. The molecule has 0 radical (unpaired) electrons. The smallest absolute Gasteiger partial charge is 0.276 e. The minimum Gasteiger partial charge on any atom is -0.321 e. The van der Waals surface area contributed by atoms with Gasteiger partial charge in [0, 0.05) is 42.3 Å². The molecule has 0 spiro atoms. The highest BCUT2D eigenvalue weighted by molar-refractivity contribution is 6.03. The molecule has 0 atom stereocenters. The second kappa shape index (κ2) is 9.15. The van der Waals surface area contributed by atoms with Crippen LogP contribution in [0.25, 0.3) is 16.9 Å². The molecule has 170 valence electrons. The van der Waals surface area contributed by atoms with E-state index in [0.717, 1.165) is 35.7 Å². The molecule has 0 aliphatic carbocycles. The molecule has 8 nitrogen and oxygen atoms in total. The summed E-state index contributed by atoms with van der Waals surface area (Å²) in [5.74, 6) is -0.254. The number of anilines is 1. The van der Waals surface area contributed by atoms with Gasteiger partial charge in [-0.05, 0) is 63.5 Å². The van der Waals surface area contributed by atoms with Gasteiger partial charge < -0.3 is 5.32 Å². The molecule has 0 unspecified atom stereocenters. The molecule has 1 aliphatic heterocycles. The summed E-state index contributed by atoms with van der Waals surface area (Å²) in [6.45, 7) is 8.18. The van der Waals surface area contributed by atoms with Crippen molar-refractivity contribution < 1.29 is 4.79 Å². The molecule has 1 amide bonds. The van der Waals surface area contributed by atoms with Crippen molar-refractivity contribution >= 4 is 17.2 Å². The Bertz CT molecular complexity index is 1270. The van der Waals surface area contributed by atoms with E-state index in [1.165, 1.54) is 37.9 Å². The Labute approximate surface area is 193 Å². The fourth-order valence-electron chi connectivity index (χ4n) is 4.49. The van der Waals surface area contributed by atoms with E-state index in [9.17, 15) is 4.79 Å². The number of hydrogen-bond acceptors (Lipinski definition) is 5. The first-order valence-corrected chi connectivity index (χ1v) is 11.6. The number of aromatic nitrogens is 5. The number of benzene rings is 1. The van der Waals surface area contributed by atoms with Gasteiger partial charge in [-0.3, -0.25) is 14.4 Å². The van der Waals surface area contributed by atoms with Crippen LogP contribution in [0.1, 0.15) is 47.9 Å². The molecule has 1 saturated heterocycles. The van der Waals surface area contributed by atoms with E-state index in [2.05, 4.69) is 44.5 Å². The van der Waals surface area contributed by atoms with Crippen molar-refractivity contribution in [1.29, 1.82) is 0 Å². The van der Waals surface area contributed by atoms with Crippen molar-refractivity contribution in [2.24, 2.45) is 0 Å². The summed E-state index contributed by atoms with van der Waals surface area (Å²) in [7, 11) is 0. The summed E-state index contributed by atoms with van der Waals surface area (Å²) in [6.07, 6.45) is 7.47. The van der Waals surface area contributed by atoms with Crippen LogP contribution in [-0.2, 0) is 13.1 Å². The Morgan fingerprint density at radius 2 is 1.88 bits per heavy atom. The number of amides is 1. The van der Waals surface area contributed by atoms with Crippen molar-refractivity contribution in [1.82, 2.24) is 29.3 Å². The molecule has 5 rings (SSSR count). The Balaban J connectivity index is 1.33. The van der Waals surface area contributed by atoms with Crippen LogP contribution < -0.4 is 5.32 Å². The van der Waals surface area contributed by atoms with Crippen molar-refractivity contribution in [3.05, 3.63) is 65.7 Å². The second-order valence-corrected chi connectivity index (χ2v) is 8.58. The summed E-state index contributed by atoms with van der Waals surface area (Å²) >= 11 is 0. The molecule has 3 aromatic heterocycles. The summed E-state index contributed by atoms with van der Waals surface area (Å²) in [4.78, 5) is 19.8. The highest BCUT2D eigenvalue weighted by atomic mass is 16.1. The van der Waals surface area contributed by atoms with Crippen LogP contribution in [0.5, 0.6) is 0 Å². The zero-order valence-electron chi connectivity index (χ0n) is 19.2. The van der Waals surface area contributed by atoms with Gasteiger partial charge in [-0.1, -0.05) is 18.6 Å². The number of nitrogens with zero attached hydrogens (tertiary/aromatic N) is 6. The molecule has 33 heavy (non-hydrogen) atoms. The van der Waals surface area contributed by atoms with E-state index in [0.29, 0.717) is 11.3 Å². The maximum absolute atomic E-state index is 12.9. The number of likely N-dealkylation sites (tertiary alicyclic amines) is 1. The van der Waals surface area contributed by atoms with Crippen LogP contribution in [0.2, 0.25) is 0 Å². The first kappa shape index (κ1) is 21.3. The van der Waals surface area contributed by atoms with Crippen LogP contribution in [0.3, 0.4) is 0 Å². The first-order chi connectivity index (χ1) is 16.1. The number of rotatable bonds is 6. The van der Waals surface area contributed by atoms with Crippen LogP contribution in [0.15, 0.2) is 48.8 Å². The van der Waals surface area contributed by atoms with Crippen molar-refractivity contribution in [2.45, 2.75) is 46.2 Å². The number of piperidine rings is 1. The quantitative estimate of drug-likeness (QED) is 0.484. The third-order valence-corrected chi connectivity index (χ3v) is 6.34. The number of aryl methyl sites for hydroxylation is 1. The van der Waals surface area contributed by atoms with Gasteiger partial charge in [0.2, 0.25) is 0 Å². The van der Waals surface area contributed by atoms with Crippen LogP contribution in [0, 0.1) is 6.92 Å². The Kier molecular flexibility index (Phi) is 5.92. The maximum Gasteiger partial charge on any atom is 0.276 e. The molecule has 4 aromatic rings. The number of fused-ring (bicyclic) bond motifs is 1. The fraction of sp³-hybridized carbons (Fsp3) is 0.360. The minimum absolute atomic E-state index is 0.254. The van der Waals surface area contributed by atoms with Gasteiger partial charge in [0.15, 0.2) is 11.3 Å². The average molecular weight is 444 g/mol. The van der Waals surface area contributed by atoms with E-state index in [1.54, 1.807) is 16.8 Å². The van der Waals surface area contributed by atoms with Gasteiger partial charge >= 0.3 is 0 Å². The lowest BCUT2D eigenvalue weighted by molar-refractivity contribution is 0.102. The Morgan fingerprint density at radius 3 is 2.61 bits per heavy atom. The molecule has 4 heterocycles. The lowest BCUT2D eigenvalue weighted by atomic mass is 10.1. The number of carbonyl (C=O) groups is 1. The molecule has 1 fully saturated rings. The summed E-state index contributed by atoms with van der Waals surface area (Å²) in [6, 6.07) is 11.7. The lowest BCUT2D eigenvalue weighted by Gasteiger charge is -2.26. The lowest BCUT2D eigenvalue weighted by Crippen LogP contribution is -2.29. The highest BCUT2D eigenvalue weighted by Gasteiger charge is 2.17. The molecule has 1 aliphatic rings. The van der Waals surface area contributed by atoms with Crippen LogP contribution in [0.4, 0.5) is 5.69 Å². The average Bonchev–Trinajstić information content (AvgIpc) is 3.44. The van der Waals surface area contributed by atoms with Gasteiger partial charge in [-0.2, -0.15) is 10.2 Å². The summed E-state index contributed by atoms with van der Waals surface area (Å²) in [5, 5.41) is 11.9. The zero-order chi connectivity index (χ0) is 22.8. The normalized spacial score (nSPS) is 14.6. The van der Waals surface area contributed by atoms with E-state index in [4.69, 9.17) is 0 Å². The van der Waals surface area contributed by atoms with Crippen molar-refractivity contribution in [3.63, 3.8) is 0 Å². The Morgan fingerprint density at radius 1 is 1.09 bits per heavy atom. The van der Waals surface area contributed by atoms with Crippen LogP contribution in [-0.4, -0.2) is 48.3 Å².